The molecule has 1 saturated heterocycles. The van der Waals surface area contributed by atoms with Crippen molar-refractivity contribution in [2.24, 2.45) is 0 Å². The van der Waals surface area contributed by atoms with Crippen LogP contribution in [0.1, 0.15) is 23.2 Å². The van der Waals surface area contributed by atoms with Gasteiger partial charge in [-0.05, 0) is 51.2 Å². The normalized spacial score (nSPS) is 17.2. The summed E-state index contributed by atoms with van der Waals surface area (Å²) in [5, 5.41) is 9.21. The van der Waals surface area contributed by atoms with Crippen molar-refractivity contribution >= 4 is 5.91 Å². The highest BCUT2D eigenvalue weighted by molar-refractivity contribution is 5.94. The molecule has 0 spiro atoms. The van der Waals surface area contributed by atoms with Gasteiger partial charge in [-0.1, -0.05) is 0 Å². The molecule has 1 aliphatic heterocycles. The first kappa shape index (κ1) is 12.9. The van der Waals surface area contributed by atoms with Gasteiger partial charge in [0.25, 0.3) is 5.91 Å². The predicted molar refractivity (Wildman–Crippen MR) is 70.7 cm³/mol. The lowest BCUT2D eigenvalue weighted by Crippen LogP contribution is -2.44. The van der Waals surface area contributed by atoms with Crippen molar-refractivity contribution in [3.8, 4) is 5.75 Å². The van der Waals surface area contributed by atoms with E-state index in [2.05, 4.69) is 19.0 Å². The van der Waals surface area contributed by atoms with Crippen molar-refractivity contribution in [2.45, 2.75) is 18.9 Å². The van der Waals surface area contributed by atoms with Gasteiger partial charge in [0.2, 0.25) is 0 Å². The Hall–Kier alpha value is -1.55. The van der Waals surface area contributed by atoms with Gasteiger partial charge in [0.1, 0.15) is 5.75 Å². The van der Waals surface area contributed by atoms with E-state index in [1.807, 2.05) is 4.90 Å². The summed E-state index contributed by atoms with van der Waals surface area (Å²) >= 11 is 0. The Bertz CT molecular complexity index is 406. The van der Waals surface area contributed by atoms with E-state index in [-0.39, 0.29) is 11.7 Å². The van der Waals surface area contributed by atoms with E-state index in [0.29, 0.717) is 11.6 Å². The number of hydrogen-bond acceptors (Lipinski definition) is 3. The van der Waals surface area contributed by atoms with Gasteiger partial charge < -0.3 is 14.9 Å². The number of carbonyl (C=O) groups is 1. The Labute approximate surface area is 108 Å². The van der Waals surface area contributed by atoms with Crippen molar-refractivity contribution in [1.29, 1.82) is 0 Å². The minimum absolute atomic E-state index is 0.0622. The number of rotatable bonds is 2. The standard InChI is InChI=1S/C14H20N2O2/c1-15(2)12-7-9-16(10-8-12)14(18)11-3-5-13(17)6-4-11/h3-6,12,17H,7-10H2,1-2H3. The average Bonchev–Trinajstić information content (AvgIpc) is 2.39. The molecule has 2 rings (SSSR count). The second kappa shape index (κ2) is 5.40. The van der Waals surface area contributed by atoms with Crippen LogP contribution in [0.5, 0.6) is 5.75 Å². The Kier molecular flexibility index (Phi) is 3.87. The summed E-state index contributed by atoms with van der Waals surface area (Å²) in [5.74, 6) is 0.255. The van der Waals surface area contributed by atoms with Crippen molar-refractivity contribution in [3.63, 3.8) is 0 Å². The van der Waals surface area contributed by atoms with Gasteiger partial charge in [0.05, 0.1) is 0 Å². The molecule has 98 valence electrons. The number of benzene rings is 1. The maximum atomic E-state index is 12.2. The summed E-state index contributed by atoms with van der Waals surface area (Å²) in [6, 6.07) is 7.04. The minimum Gasteiger partial charge on any atom is -0.508 e. The van der Waals surface area contributed by atoms with Crippen LogP contribution in [0.25, 0.3) is 0 Å². The highest BCUT2D eigenvalue weighted by Crippen LogP contribution is 2.17. The molecule has 18 heavy (non-hydrogen) atoms. The monoisotopic (exact) mass is 248 g/mol. The van der Waals surface area contributed by atoms with E-state index < -0.39 is 0 Å². The molecule has 1 aromatic carbocycles. The molecule has 0 aromatic heterocycles. The molecule has 1 N–H and O–H groups in total. The summed E-state index contributed by atoms with van der Waals surface area (Å²) in [6.07, 6.45) is 2.05. The number of carbonyl (C=O) groups excluding carboxylic acids is 1. The molecule has 4 heteroatoms. The SMILES string of the molecule is CN(C)C1CCN(C(=O)c2ccc(O)cc2)CC1. The maximum absolute atomic E-state index is 12.2. The topological polar surface area (TPSA) is 43.8 Å². The third-order valence-corrected chi connectivity index (χ3v) is 3.60. The van der Waals surface area contributed by atoms with Crippen LogP contribution in [0.4, 0.5) is 0 Å². The van der Waals surface area contributed by atoms with Crippen molar-refractivity contribution in [1.82, 2.24) is 9.80 Å². The molecule has 0 bridgehead atoms. The number of aromatic hydroxyl groups is 1. The summed E-state index contributed by atoms with van der Waals surface area (Å²) in [6.45, 7) is 1.62. The second-order valence-electron chi connectivity index (χ2n) is 5.03. The summed E-state index contributed by atoms with van der Waals surface area (Å²) in [7, 11) is 4.17. The molecule has 1 aromatic rings. The summed E-state index contributed by atoms with van der Waals surface area (Å²) in [4.78, 5) is 16.3. The number of piperidine rings is 1. The van der Waals surface area contributed by atoms with Gasteiger partial charge in [-0.3, -0.25) is 4.79 Å². The molecule has 1 heterocycles. The third kappa shape index (κ3) is 2.82. The number of likely N-dealkylation sites (tertiary alicyclic amines) is 1. The number of nitrogens with zero attached hydrogens (tertiary/aromatic N) is 2. The zero-order chi connectivity index (χ0) is 13.1. The quantitative estimate of drug-likeness (QED) is 0.863. The lowest BCUT2D eigenvalue weighted by atomic mass is 10.0. The molecule has 0 atom stereocenters. The smallest absolute Gasteiger partial charge is 0.253 e. The Morgan fingerprint density at radius 3 is 2.28 bits per heavy atom. The average molecular weight is 248 g/mol. The van der Waals surface area contributed by atoms with Crippen LogP contribution < -0.4 is 0 Å². The van der Waals surface area contributed by atoms with Crippen molar-refractivity contribution < 1.29 is 9.90 Å². The lowest BCUT2D eigenvalue weighted by Gasteiger charge is -2.35. The van der Waals surface area contributed by atoms with Gasteiger partial charge >= 0.3 is 0 Å². The van der Waals surface area contributed by atoms with Gasteiger partial charge in [-0.15, -0.1) is 0 Å². The number of phenols is 1. The van der Waals surface area contributed by atoms with Gasteiger partial charge in [0.15, 0.2) is 0 Å². The highest BCUT2D eigenvalue weighted by Gasteiger charge is 2.24. The molecule has 0 aliphatic carbocycles. The van der Waals surface area contributed by atoms with Crippen LogP contribution >= 0.6 is 0 Å². The third-order valence-electron chi connectivity index (χ3n) is 3.60. The number of hydrogen-bond donors (Lipinski definition) is 1. The van der Waals surface area contributed by atoms with Gasteiger partial charge in [0, 0.05) is 24.7 Å². The molecule has 1 amide bonds. The van der Waals surface area contributed by atoms with Crippen LogP contribution in [0.3, 0.4) is 0 Å². The van der Waals surface area contributed by atoms with Gasteiger partial charge in [-0.25, -0.2) is 0 Å². The molecular weight excluding hydrogens is 228 g/mol. The lowest BCUT2D eigenvalue weighted by molar-refractivity contribution is 0.0663. The van der Waals surface area contributed by atoms with Crippen LogP contribution in [0, 0.1) is 0 Å². The number of amides is 1. The second-order valence-corrected chi connectivity index (χ2v) is 5.03. The zero-order valence-corrected chi connectivity index (χ0v) is 11.0. The van der Waals surface area contributed by atoms with Crippen molar-refractivity contribution in [3.05, 3.63) is 29.8 Å². The Morgan fingerprint density at radius 1 is 1.22 bits per heavy atom. The summed E-state index contributed by atoms with van der Waals surface area (Å²) < 4.78 is 0. The largest absolute Gasteiger partial charge is 0.508 e. The van der Waals surface area contributed by atoms with Crippen LogP contribution in [-0.2, 0) is 0 Å². The first-order valence-electron chi connectivity index (χ1n) is 6.32. The first-order valence-corrected chi connectivity index (χ1v) is 6.32. The molecular formula is C14H20N2O2. The summed E-state index contributed by atoms with van der Waals surface area (Å²) in [5.41, 5.74) is 0.649. The molecule has 4 nitrogen and oxygen atoms in total. The minimum atomic E-state index is 0.0622. The van der Waals surface area contributed by atoms with Crippen molar-refractivity contribution in [2.75, 3.05) is 27.2 Å². The van der Waals surface area contributed by atoms with Crippen LogP contribution in [0.15, 0.2) is 24.3 Å². The highest BCUT2D eigenvalue weighted by atomic mass is 16.3. The number of phenolic OH excluding ortho intramolecular Hbond substituents is 1. The molecule has 1 aliphatic rings. The fourth-order valence-electron chi connectivity index (χ4n) is 2.37. The Balaban J connectivity index is 1.97. The van der Waals surface area contributed by atoms with Gasteiger partial charge in [-0.2, -0.15) is 0 Å². The van der Waals surface area contributed by atoms with E-state index in [1.54, 1.807) is 24.3 Å². The van der Waals surface area contributed by atoms with E-state index >= 15 is 0 Å². The van der Waals surface area contributed by atoms with E-state index in [9.17, 15) is 9.90 Å². The molecule has 0 saturated carbocycles. The fourth-order valence-corrected chi connectivity index (χ4v) is 2.37. The van der Waals surface area contributed by atoms with Crippen LogP contribution in [-0.4, -0.2) is 54.0 Å². The predicted octanol–water partition coefficient (Wildman–Crippen LogP) is 1.56. The zero-order valence-electron chi connectivity index (χ0n) is 11.0. The molecule has 0 unspecified atom stereocenters. The fraction of sp³-hybridized carbons (Fsp3) is 0.500. The van der Waals surface area contributed by atoms with E-state index in [4.69, 9.17) is 0 Å². The molecule has 0 radical (unpaired) electrons. The van der Waals surface area contributed by atoms with E-state index in [0.717, 1.165) is 25.9 Å². The maximum Gasteiger partial charge on any atom is 0.253 e. The van der Waals surface area contributed by atoms with Crippen LogP contribution in [0.2, 0.25) is 0 Å². The Morgan fingerprint density at radius 2 is 1.78 bits per heavy atom. The molecule has 1 fully saturated rings. The van der Waals surface area contributed by atoms with E-state index in [1.165, 1.54) is 0 Å². The first-order chi connectivity index (χ1) is 8.58.